The SMILES string of the molecule is COCCNCC(C)Oc1ccccc1Br. The third kappa shape index (κ3) is 4.96. The zero-order valence-electron chi connectivity index (χ0n) is 9.70. The van der Waals surface area contributed by atoms with Gasteiger partial charge in [0.1, 0.15) is 11.9 Å². The minimum atomic E-state index is 0.135. The molecule has 0 bridgehead atoms. The fourth-order valence-electron chi connectivity index (χ4n) is 1.28. The molecule has 0 fully saturated rings. The van der Waals surface area contributed by atoms with Crippen LogP contribution in [0.3, 0.4) is 0 Å². The lowest BCUT2D eigenvalue weighted by Crippen LogP contribution is -2.31. The van der Waals surface area contributed by atoms with E-state index in [1.165, 1.54) is 0 Å². The average molecular weight is 288 g/mol. The average Bonchev–Trinajstić information content (AvgIpc) is 2.28. The Kier molecular flexibility index (Phi) is 6.45. The van der Waals surface area contributed by atoms with Gasteiger partial charge in [-0.15, -0.1) is 0 Å². The van der Waals surface area contributed by atoms with E-state index in [0.29, 0.717) is 0 Å². The highest BCUT2D eigenvalue weighted by Gasteiger charge is 2.05. The standard InChI is InChI=1S/C12H18BrNO2/c1-10(9-14-7-8-15-2)16-12-6-4-3-5-11(12)13/h3-6,10,14H,7-9H2,1-2H3. The molecule has 4 heteroatoms. The summed E-state index contributed by atoms with van der Waals surface area (Å²) in [5.74, 6) is 0.878. The van der Waals surface area contributed by atoms with Gasteiger partial charge in [-0.25, -0.2) is 0 Å². The first-order valence-corrected chi connectivity index (χ1v) is 6.14. The van der Waals surface area contributed by atoms with E-state index in [4.69, 9.17) is 9.47 Å². The van der Waals surface area contributed by atoms with E-state index in [9.17, 15) is 0 Å². The van der Waals surface area contributed by atoms with Crippen molar-refractivity contribution < 1.29 is 9.47 Å². The number of hydrogen-bond acceptors (Lipinski definition) is 3. The first-order chi connectivity index (χ1) is 7.74. The van der Waals surface area contributed by atoms with Crippen molar-refractivity contribution >= 4 is 15.9 Å². The first-order valence-electron chi connectivity index (χ1n) is 5.35. The Morgan fingerprint density at radius 3 is 2.81 bits per heavy atom. The summed E-state index contributed by atoms with van der Waals surface area (Å²) in [7, 11) is 1.70. The van der Waals surface area contributed by atoms with Crippen LogP contribution in [0.25, 0.3) is 0 Å². The minimum Gasteiger partial charge on any atom is -0.488 e. The molecule has 90 valence electrons. The number of rotatable bonds is 7. The Labute approximate surface area is 105 Å². The highest BCUT2D eigenvalue weighted by atomic mass is 79.9. The Morgan fingerprint density at radius 2 is 2.12 bits per heavy atom. The van der Waals surface area contributed by atoms with Crippen LogP contribution in [0.4, 0.5) is 0 Å². The van der Waals surface area contributed by atoms with E-state index < -0.39 is 0 Å². The van der Waals surface area contributed by atoms with E-state index >= 15 is 0 Å². The van der Waals surface area contributed by atoms with Crippen molar-refractivity contribution in [1.82, 2.24) is 5.32 Å². The fourth-order valence-corrected chi connectivity index (χ4v) is 1.66. The maximum atomic E-state index is 5.78. The van der Waals surface area contributed by atoms with Crippen LogP contribution in [0.2, 0.25) is 0 Å². The highest BCUT2D eigenvalue weighted by molar-refractivity contribution is 9.10. The summed E-state index contributed by atoms with van der Waals surface area (Å²) < 4.78 is 11.7. The second kappa shape index (κ2) is 7.65. The Hall–Kier alpha value is -0.580. The van der Waals surface area contributed by atoms with Gasteiger partial charge in [-0.2, -0.15) is 0 Å². The van der Waals surface area contributed by atoms with Crippen LogP contribution in [-0.4, -0.2) is 32.9 Å². The smallest absolute Gasteiger partial charge is 0.133 e. The predicted molar refractivity (Wildman–Crippen MR) is 69.0 cm³/mol. The van der Waals surface area contributed by atoms with Gasteiger partial charge < -0.3 is 14.8 Å². The molecule has 1 rings (SSSR count). The van der Waals surface area contributed by atoms with Crippen molar-refractivity contribution in [1.29, 1.82) is 0 Å². The molecule has 0 amide bonds. The van der Waals surface area contributed by atoms with Crippen LogP contribution in [0, 0.1) is 0 Å². The van der Waals surface area contributed by atoms with Crippen LogP contribution < -0.4 is 10.1 Å². The molecule has 0 saturated carbocycles. The Balaban J connectivity index is 2.28. The van der Waals surface area contributed by atoms with E-state index in [0.717, 1.165) is 29.9 Å². The lowest BCUT2D eigenvalue weighted by Gasteiger charge is -2.16. The van der Waals surface area contributed by atoms with Gasteiger partial charge in [0.15, 0.2) is 0 Å². The van der Waals surface area contributed by atoms with Crippen LogP contribution in [-0.2, 0) is 4.74 Å². The molecule has 0 aliphatic rings. The molecule has 0 aliphatic carbocycles. The normalized spacial score (nSPS) is 12.4. The van der Waals surface area contributed by atoms with Crippen LogP contribution in [0.5, 0.6) is 5.75 Å². The molecule has 0 aliphatic heterocycles. The molecule has 0 aromatic heterocycles. The van der Waals surface area contributed by atoms with E-state index in [2.05, 4.69) is 21.2 Å². The van der Waals surface area contributed by atoms with Gasteiger partial charge in [-0.05, 0) is 35.0 Å². The lowest BCUT2D eigenvalue weighted by molar-refractivity contribution is 0.184. The Morgan fingerprint density at radius 1 is 1.38 bits per heavy atom. The number of benzene rings is 1. The second-order valence-corrected chi connectivity index (χ2v) is 4.41. The zero-order chi connectivity index (χ0) is 11.8. The molecule has 1 aromatic carbocycles. The number of hydrogen-bond donors (Lipinski definition) is 1. The quantitative estimate of drug-likeness (QED) is 0.782. The second-order valence-electron chi connectivity index (χ2n) is 3.56. The topological polar surface area (TPSA) is 30.5 Å². The summed E-state index contributed by atoms with van der Waals surface area (Å²) in [5.41, 5.74) is 0. The van der Waals surface area contributed by atoms with Crippen LogP contribution >= 0.6 is 15.9 Å². The third-order valence-corrected chi connectivity index (χ3v) is 2.73. The largest absolute Gasteiger partial charge is 0.488 e. The van der Waals surface area contributed by atoms with Crippen LogP contribution in [0.1, 0.15) is 6.92 Å². The molecule has 3 nitrogen and oxygen atoms in total. The molecule has 0 radical (unpaired) electrons. The van der Waals surface area contributed by atoms with Crippen LogP contribution in [0.15, 0.2) is 28.7 Å². The van der Waals surface area contributed by atoms with E-state index in [1.807, 2.05) is 31.2 Å². The monoisotopic (exact) mass is 287 g/mol. The molecule has 16 heavy (non-hydrogen) atoms. The molecule has 1 atom stereocenters. The summed E-state index contributed by atoms with van der Waals surface area (Å²) in [4.78, 5) is 0. The van der Waals surface area contributed by atoms with Crippen molar-refractivity contribution in [2.24, 2.45) is 0 Å². The molecule has 1 unspecified atom stereocenters. The predicted octanol–water partition coefficient (Wildman–Crippen LogP) is 2.45. The van der Waals surface area contributed by atoms with Gasteiger partial charge in [-0.1, -0.05) is 12.1 Å². The van der Waals surface area contributed by atoms with E-state index in [-0.39, 0.29) is 6.10 Å². The molecule has 1 N–H and O–H groups in total. The highest BCUT2D eigenvalue weighted by Crippen LogP contribution is 2.24. The summed E-state index contributed by atoms with van der Waals surface area (Å²) in [6, 6.07) is 7.86. The number of ether oxygens (including phenoxy) is 2. The van der Waals surface area contributed by atoms with Crippen molar-refractivity contribution in [2.45, 2.75) is 13.0 Å². The molecular weight excluding hydrogens is 270 g/mol. The molecule has 1 aromatic rings. The van der Waals surface area contributed by atoms with Gasteiger partial charge in [0.05, 0.1) is 11.1 Å². The summed E-state index contributed by atoms with van der Waals surface area (Å²) in [6.07, 6.45) is 0.135. The van der Waals surface area contributed by atoms with E-state index in [1.54, 1.807) is 7.11 Å². The van der Waals surface area contributed by atoms with Gasteiger partial charge in [-0.3, -0.25) is 0 Å². The fraction of sp³-hybridized carbons (Fsp3) is 0.500. The summed E-state index contributed by atoms with van der Waals surface area (Å²) >= 11 is 3.45. The molecule has 0 heterocycles. The van der Waals surface area contributed by atoms with Crippen molar-refractivity contribution in [3.8, 4) is 5.75 Å². The number of para-hydroxylation sites is 1. The van der Waals surface area contributed by atoms with Gasteiger partial charge >= 0.3 is 0 Å². The number of nitrogens with one attached hydrogen (secondary N) is 1. The van der Waals surface area contributed by atoms with Gasteiger partial charge in [0, 0.05) is 20.2 Å². The van der Waals surface area contributed by atoms with Gasteiger partial charge in [0.25, 0.3) is 0 Å². The summed E-state index contributed by atoms with van der Waals surface area (Å²) in [6.45, 7) is 4.42. The maximum absolute atomic E-state index is 5.78. The van der Waals surface area contributed by atoms with Crippen molar-refractivity contribution in [3.05, 3.63) is 28.7 Å². The lowest BCUT2D eigenvalue weighted by atomic mass is 10.3. The molecule has 0 saturated heterocycles. The Bertz CT molecular complexity index is 307. The molecule has 0 spiro atoms. The number of methoxy groups -OCH3 is 1. The van der Waals surface area contributed by atoms with Gasteiger partial charge in [0.2, 0.25) is 0 Å². The molecular formula is C12H18BrNO2. The van der Waals surface area contributed by atoms with Crippen molar-refractivity contribution in [3.63, 3.8) is 0 Å². The first kappa shape index (κ1) is 13.5. The summed E-state index contributed by atoms with van der Waals surface area (Å²) in [5, 5.41) is 3.26. The van der Waals surface area contributed by atoms with Crippen molar-refractivity contribution in [2.75, 3.05) is 26.8 Å². The maximum Gasteiger partial charge on any atom is 0.133 e. The third-order valence-electron chi connectivity index (χ3n) is 2.08. The number of halogens is 1. The zero-order valence-corrected chi connectivity index (χ0v) is 11.3. The minimum absolute atomic E-state index is 0.135.